The molecule has 16 heavy (non-hydrogen) atoms. The highest BCUT2D eigenvalue weighted by atomic mass is 16.1. The second kappa shape index (κ2) is 6.01. The van der Waals surface area contributed by atoms with Crippen LogP contribution in [0.25, 0.3) is 6.08 Å². The normalized spacial score (nSPS) is 12.1. The van der Waals surface area contributed by atoms with Gasteiger partial charge in [-0.15, -0.1) is 0 Å². The van der Waals surface area contributed by atoms with Gasteiger partial charge < -0.3 is 0 Å². The number of carbonyl (C=O) groups excluding carboxylic acids is 1. The second-order valence-electron chi connectivity index (χ2n) is 3.53. The quantitative estimate of drug-likeness (QED) is 0.710. The van der Waals surface area contributed by atoms with Crippen molar-refractivity contribution < 1.29 is 4.79 Å². The Morgan fingerprint density at radius 3 is 2.69 bits per heavy atom. The molecule has 0 unspecified atom stereocenters. The first-order valence-corrected chi connectivity index (χ1v) is 5.49. The van der Waals surface area contributed by atoms with Crippen molar-refractivity contribution in [2.24, 2.45) is 4.99 Å². The molecule has 0 saturated heterocycles. The summed E-state index contributed by atoms with van der Waals surface area (Å²) in [6, 6.07) is 7.94. The molecule has 0 spiro atoms. The van der Waals surface area contributed by atoms with Gasteiger partial charge in [0, 0.05) is 17.7 Å². The molecular formula is C14H17NO. The summed E-state index contributed by atoms with van der Waals surface area (Å²) in [5, 5.41) is 0. The molecule has 0 atom stereocenters. The summed E-state index contributed by atoms with van der Waals surface area (Å²) < 4.78 is 0. The van der Waals surface area contributed by atoms with Crippen LogP contribution in [0.5, 0.6) is 0 Å². The van der Waals surface area contributed by atoms with E-state index in [1.54, 1.807) is 0 Å². The third kappa shape index (κ3) is 3.16. The first kappa shape index (κ1) is 12.4. The number of hydrogen-bond acceptors (Lipinski definition) is 1. The highest BCUT2D eigenvalue weighted by molar-refractivity contribution is 6.07. The summed E-state index contributed by atoms with van der Waals surface area (Å²) in [6.07, 6.45) is 4.45. The van der Waals surface area contributed by atoms with Crippen molar-refractivity contribution in [2.75, 3.05) is 0 Å². The Kier molecular flexibility index (Phi) is 4.65. The van der Waals surface area contributed by atoms with Crippen LogP contribution < -0.4 is 0 Å². The molecule has 0 aliphatic carbocycles. The summed E-state index contributed by atoms with van der Waals surface area (Å²) in [6.45, 7) is 5.66. The number of aliphatic imine (C=N–C) groups is 1. The maximum absolute atomic E-state index is 11.3. The zero-order valence-corrected chi connectivity index (χ0v) is 10.0. The van der Waals surface area contributed by atoms with Gasteiger partial charge in [-0.2, -0.15) is 0 Å². The number of nitrogens with zero attached hydrogens (tertiary/aromatic N) is 1. The predicted molar refractivity (Wildman–Crippen MR) is 68.7 cm³/mol. The van der Waals surface area contributed by atoms with Gasteiger partial charge in [-0.1, -0.05) is 43.3 Å². The minimum absolute atomic E-state index is 0.0761. The Bertz CT molecular complexity index is 430. The van der Waals surface area contributed by atoms with Crippen molar-refractivity contribution >= 4 is 17.7 Å². The minimum atomic E-state index is -0.0761. The number of benzene rings is 1. The standard InChI is InChI=1S/C14H17NO/c1-4-8-12-9-6-7-10-13(12)11(3)15-14(16)5-2/h4,6-10H,5H2,1-3H3/b8-4-,15-11+. The van der Waals surface area contributed by atoms with Crippen LogP contribution in [0.1, 0.15) is 38.3 Å². The van der Waals surface area contributed by atoms with Gasteiger partial charge in [-0.25, -0.2) is 4.99 Å². The molecule has 0 aliphatic rings. The molecule has 0 aliphatic heterocycles. The van der Waals surface area contributed by atoms with Crippen LogP contribution in [0.3, 0.4) is 0 Å². The van der Waals surface area contributed by atoms with E-state index in [2.05, 4.69) is 4.99 Å². The van der Waals surface area contributed by atoms with Gasteiger partial charge in [-0.05, 0) is 19.4 Å². The maximum Gasteiger partial charge on any atom is 0.245 e. The van der Waals surface area contributed by atoms with Crippen LogP contribution in [-0.4, -0.2) is 11.6 Å². The van der Waals surface area contributed by atoms with Crippen molar-refractivity contribution in [3.63, 3.8) is 0 Å². The number of amides is 1. The molecule has 0 N–H and O–H groups in total. The van der Waals surface area contributed by atoms with Gasteiger partial charge in [0.25, 0.3) is 0 Å². The molecule has 1 aromatic rings. The summed E-state index contributed by atoms with van der Waals surface area (Å²) in [7, 11) is 0. The SMILES string of the molecule is C/C=C\c1ccccc1/C(C)=N/C(=O)CC. The largest absolute Gasteiger partial charge is 0.273 e. The van der Waals surface area contributed by atoms with Crippen molar-refractivity contribution in [3.05, 3.63) is 41.5 Å². The monoisotopic (exact) mass is 215 g/mol. The molecule has 1 amide bonds. The van der Waals surface area contributed by atoms with E-state index in [-0.39, 0.29) is 5.91 Å². The Morgan fingerprint density at radius 1 is 1.38 bits per heavy atom. The molecule has 0 saturated carbocycles. The predicted octanol–water partition coefficient (Wildman–Crippen LogP) is 3.47. The third-order valence-corrected chi connectivity index (χ3v) is 2.29. The van der Waals surface area contributed by atoms with E-state index in [1.165, 1.54) is 0 Å². The van der Waals surface area contributed by atoms with Crippen LogP contribution in [0, 0.1) is 0 Å². The molecular weight excluding hydrogens is 198 g/mol. The lowest BCUT2D eigenvalue weighted by Crippen LogP contribution is -2.02. The van der Waals surface area contributed by atoms with E-state index < -0.39 is 0 Å². The Labute approximate surface area is 96.7 Å². The zero-order valence-electron chi connectivity index (χ0n) is 10.0. The molecule has 0 aromatic heterocycles. The molecule has 1 rings (SSSR count). The fraction of sp³-hybridized carbons (Fsp3) is 0.286. The molecule has 0 fully saturated rings. The average molecular weight is 215 g/mol. The van der Waals surface area contributed by atoms with Crippen LogP contribution in [0.15, 0.2) is 35.3 Å². The van der Waals surface area contributed by atoms with Crippen LogP contribution in [0.4, 0.5) is 0 Å². The molecule has 0 bridgehead atoms. The van der Waals surface area contributed by atoms with E-state index in [1.807, 2.05) is 57.2 Å². The van der Waals surface area contributed by atoms with Gasteiger partial charge in [0.2, 0.25) is 5.91 Å². The van der Waals surface area contributed by atoms with Crippen LogP contribution in [-0.2, 0) is 4.79 Å². The first-order chi connectivity index (χ1) is 7.69. The molecule has 0 radical (unpaired) electrons. The summed E-state index contributed by atoms with van der Waals surface area (Å²) >= 11 is 0. The van der Waals surface area contributed by atoms with E-state index in [9.17, 15) is 4.79 Å². The first-order valence-electron chi connectivity index (χ1n) is 5.49. The number of rotatable bonds is 3. The number of hydrogen-bond donors (Lipinski definition) is 0. The zero-order chi connectivity index (χ0) is 12.0. The molecule has 2 nitrogen and oxygen atoms in total. The lowest BCUT2D eigenvalue weighted by atomic mass is 10.0. The highest BCUT2D eigenvalue weighted by Gasteiger charge is 2.03. The van der Waals surface area contributed by atoms with Crippen molar-refractivity contribution in [2.45, 2.75) is 27.2 Å². The fourth-order valence-electron chi connectivity index (χ4n) is 1.48. The van der Waals surface area contributed by atoms with E-state index in [0.717, 1.165) is 16.8 Å². The van der Waals surface area contributed by atoms with Crippen molar-refractivity contribution in [1.29, 1.82) is 0 Å². The van der Waals surface area contributed by atoms with Gasteiger partial charge in [0.15, 0.2) is 0 Å². The van der Waals surface area contributed by atoms with Crippen LogP contribution in [0.2, 0.25) is 0 Å². The molecule has 84 valence electrons. The average Bonchev–Trinajstić information content (AvgIpc) is 2.30. The van der Waals surface area contributed by atoms with Gasteiger partial charge in [0.05, 0.1) is 0 Å². The summed E-state index contributed by atoms with van der Waals surface area (Å²) in [5.41, 5.74) is 2.89. The molecule has 1 aromatic carbocycles. The highest BCUT2D eigenvalue weighted by Crippen LogP contribution is 2.12. The summed E-state index contributed by atoms with van der Waals surface area (Å²) in [5.74, 6) is -0.0761. The Balaban J connectivity index is 3.12. The topological polar surface area (TPSA) is 29.4 Å². The lowest BCUT2D eigenvalue weighted by molar-refractivity contribution is -0.117. The van der Waals surface area contributed by atoms with E-state index in [0.29, 0.717) is 6.42 Å². The fourth-order valence-corrected chi connectivity index (χ4v) is 1.48. The van der Waals surface area contributed by atoms with Crippen LogP contribution >= 0.6 is 0 Å². The lowest BCUT2D eigenvalue weighted by Gasteiger charge is -2.04. The maximum atomic E-state index is 11.3. The summed E-state index contributed by atoms with van der Waals surface area (Å²) in [4.78, 5) is 15.3. The Hall–Kier alpha value is -1.70. The minimum Gasteiger partial charge on any atom is -0.273 e. The number of allylic oxidation sites excluding steroid dienone is 1. The van der Waals surface area contributed by atoms with Gasteiger partial charge >= 0.3 is 0 Å². The Morgan fingerprint density at radius 2 is 2.06 bits per heavy atom. The van der Waals surface area contributed by atoms with Crippen molar-refractivity contribution in [1.82, 2.24) is 0 Å². The van der Waals surface area contributed by atoms with Gasteiger partial charge in [0.1, 0.15) is 0 Å². The molecule has 0 heterocycles. The molecule has 2 heteroatoms. The van der Waals surface area contributed by atoms with E-state index >= 15 is 0 Å². The van der Waals surface area contributed by atoms with Crippen molar-refractivity contribution in [3.8, 4) is 0 Å². The third-order valence-electron chi connectivity index (χ3n) is 2.29. The number of carbonyl (C=O) groups is 1. The smallest absolute Gasteiger partial charge is 0.245 e. The van der Waals surface area contributed by atoms with Gasteiger partial charge in [-0.3, -0.25) is 4.79 Å². The van der Waals surface area contributed by atoms with E-state index in [4.69, 9.17) is 0 Å². The second-order valence-corrected chi connectivity index (χ2v) is 3.53.